The third kappa shape index (κ3) is 39.9. The van der Waals surface area contributed by atoms with Crippen molar-refractivity contribution >= 4 is 17.9 Å². The van der Waals surface area contributed by atoms with Gasteiger partial charge >= 0.3 is 17.9 Å². The van der Waals surface area contributed by atoms with Gasteiger partial charge in [-0.25, -0.2) is 0 Å². The van der Waals surface area contributed by atoms with Gasteiger partial charge < -0.3 is 14.2 Å². The molecule has 0 rings (SSSR count). The second-order valence-electron chi connectivity index (χ2n) is 16.8. The second kappa shape index (κ2) is 40.1. The van der Waals surface area contributed by atoms with Crippen molar-refractivity contribution in [3.8, 4) is 0 Å². The Balaban J connectivity index is 4.10. The number of hydrogen-bond acceptors (Lipinski definition) is 6. The van der Waals surface area contributed by atoms with Crippen molar-refractivity contribution < 1.29 is 28.6 Å². The lowest BCUT2D eigenvalue weighted by Gasteiger charge is -2.18. The van der Waals surface area contributed by atoms with Gasteiger partial charge in [0.1, 0.15) is 13.2 Å². The first-order chi connectivity index (χ1) is 25.8. The highest BCUT2D eigenvalue weighted by Crippen LogP contribution is 2.17. The summed E-state index contributed by atoms with van der Waals surface area (Å²) < 4.78 is 16.6. The molecule has 1 unspecified atom stereocenters. The van der Waals surface area contributed by atoms with E-state index in [1.54, 1.807) is 0 Å². The fourth-order valence-corrected chi connectivity index (χ4v) is 6.90. The molecule has 0 saturated carbocycles. The molecule has 0 fully saturated rings. The number of carbonyl (C=O) groups is 3. The number of rotatable bonds is 41. The third-order valence-electron chi connectivity index (χ3n) is 10.8. The smallest absolute Gasteiger partial charge is 0.306 e. The van der Waals surface area contributed by atoms with Crippen LogP contribution in [0.2, 0.25) is 0 Å². The molecule has 2 atom stereocenters. The zero-order chi connectivity index (χ0) is 39.0. The molecule has 0 amide bonds. The number of unbranched alkanes of at least 4 members (excludes halogenated alkanes) is 25. The van der Waals surface area contributed by atoms with Crippen LogP contribution in [-0.2, 0) is 28.6 Å². The number of carbonyl (C=O) groups excluding carboxylic acids is 3. The molecule has 0 aromatic carbocycles. The largest absolute Gasteiger partial charge is 0.462 e. The van der Waals surface area contributed by atoms with Gasteiger partial charge in [0.25, 0.3) is 0 Å². The Kier molecular flexibility index (Phi) is 38.9. The van der Waals surface area contributed by atoms with E-state index in [2.05, 4.69) is 34.6 Å². The predicted octanol–water partition coefficient (Wildman–Crippen LogP) is 14.6. The summed E-state index contributed by atoms with van der Waals surface area (Å²) >= 11 is 0. The molecule has 0 aromatic rings. The molecule has 314 valence electrons. The van der Waals surface area contributed by atoms with Gasteiger partial charge in [-0.05, 0) is 31.1 Å². The highest BCUT2D eigenvalue weighted by molar-refractivity contribution is 5.71. The summed E-state index contributed by atoms with van der Waals surface area (Å²) in [6, 6.07) is 0. The zero-order valence-corrected chi connectivity index (χ0v) is 36.1. The van der Waals surface area contributed by atoms with E-state index >= 15 is 0 Å². The van der Waals surface area contributed by atoms with E-state index in [0.29, 0.717) is 19.3 Å². The van der Waals surface area contributed by atoms with Crippen molar-refractivity contribution in [3.05, 3.63) is 0 Å². The molecule has 0 saturated heterocycles. The molecule has 0 aliphatic rings. The van der Waals surface area contributed by atoms with Gasteiger partial charge in [0.15, 0.2) is 6.10 Å². The first-order valence-corrected chi connectivity index (χ1v) is 23.3. The lowest BCUT2D eigenvalue weighted by atomic mass is 9.99. The first-order valence-electron chi connectivity index (χ1n) is 23.3. The van der Waals surface area contributed by atoms with E-state index in [-0.39, 0.29) is 31.1 Å². The Morgan fingerprint density at radius 3 is 1.08 bits per heavy atom. The minimum Gasteiger partial charge on any atom is -0.462 e. The number of ether oxygens (including phenoxy) is 3. The molecule has 0 heterocycles. The maximum Gasteiger partial charge on any atom is 0.306 e. The molecule has 6 heteroatoms. The monoisotopic (exact) mass is 751 g/mol. The SMILES string of the molecule is CCCCCCCC(=O)O[C@H](COC(=O)CCCCCCCCCCCCCCCCC(C)CC)COC(=O)CCCCCCCCCCCC(C)C. The van der Waals surface area contributed by atoms with Gasteiger partial charge in [-0.1, -0.05) is 214 Å². The summed E-state index contributed by atoms with van der Waals surface area (Å²) in [5, 5.41) is 0. The predicted molar refractivity (Wildman–Crippen MR) is 224 cm³/mol. The number of esters is 3. The Bertz CT molecular complexity index is 811. The van der Waals surface area contributed by atoms with E-state index in [1.165, 1.54) is 135 Å². The van der Waals surface area contributed by atoms with Crippen LogP contribution >= 0.6 is 0 Å². The van der Waals surface area contributed by atoms with Crippen LogP contribution in [0, 0.1) is 11.8 Å². The van der Waals surface area contributed by atoms with Gasteiger partial charge in [-0.2, -0.15) is 0 Å². The van der Waals surface area contributed by atoms with Crippen LogP contribution in [0.4, 0.5) is 0 Å². The summed E-state index contributed by atoms with van der Waals surface area (Å²) in [6.07, 6.45) is 38.3. The minimum atomic E-state index is -0.758. The molecular weight excluding hydrogens is 661 g/mol. The van der Waals surface area contributed by atoms with E-state index in [4.69, 9.17) is 14.2 Å². The Morgan fingerprint density at radius 2 is 0.717 bits per heavy atom. The topological polar surface area (TPSA) is 78.9 Å². The fourth-order valence-electron chi connectivity index (χ4n) is 6.90. The third-order valence-corrected chi connectivity index (χ3v) is 10.8. The van der Waals surface area contributed by atoms with Crippen molar-refractivity contribution in [2.45, 2.75) is 259 Å². The van der Waals surface area contributed by atoms with Gasteiger partial charge in [0, 0.05) is 19.3 Å². The van der Waals surface area contributed by atoms with Crippen LogP contribution in [0.5, 0.6) is 0 Å². The van der Waals surface area contributed by atoms with Crippen LogP contribution in [0.25, 0.3) is 0 Å². The fraction of sp³-hybridized carbons (Fsp3) is 0.936. The highest BCUT2D eigenvalue weighted by atomic mass is 16.6. The van der Waals surface area contributed by atoms with E-state index < -0.39 is 6.10 Å². The van der Waals surface area contributed by atoms with Crippen molar-refractivity contribution in [1.82, 2.24) is 0 Å². The van der Waals surface area contributed by atoms with Crippen molar-refractivity contribution in [3.63, 3.8) is 0 Å². The van der Waals surface area contributed by atoms with Gasteiger partial charge in [-0.15, -0.1) is 0 Å². The molecule has 0 bridgehead atoms. The minimum absolute atomic E-state index is 0.0661. The zero-order valence-electron chi connectivity index (χ0n) is 36.1. The van der Waals surface area contributed by atoms with Gasteiger partial charge in [0.2, 0.25) is 0 Å². The average Bonchev–Trinajstić information content (AvgIpc) is 3.14. The molecule has 6 nitrogen and oxygen atoms in total. The lowest BCUT2D eigenvalue weighted by molar-refractivity contribution is -0.167. The van der Waals surface area contributed by atoms with Crippen molar-refractivity contribution in [1.29, 1.82) is 0 Å². The molecule has 0 aliphatic carbocycles. The summed E-state index contributed by atoms with van der Waals surface area (Å²) in [4.78, 5) is 37.5. The molecule has 0 spiro atoms. The normalized spacial score (nSPS) is 12.6. The van der Waals surface area contributed by atoms with E-state index in [1.807, 2.05) is 0 Å². The van der Waals surface area contributed by atoms with Crippen molar-refractivity contribution in [2.75, 3.05) is 13.2 Å². The molecule has 0 aromatic heterocycles. The molecular formula is C47H90O6. The molecule has 0 aliphatic heterocycles. The molecule has 0 radical (unpaired) electrons. The first kappa shape index (κ1) is 51.4. The Hall–Kier alpha value is -1.59. The number of hydrogen-bond donors (Lipinski definition) is 0. The highest BCUT2D eigenvalue weighted by Gasteiger charge is 2.19. The van der Waals surface area contributed by atoms with Crippen LogP contribution in [0.3, 0.4) is 0 Å². The van der Waals surface area contributed by atoms with Crippen LogP contribution in [0.15, 0.2) is 0 Å². The molecule has 0 N–H and O–H groups in total. The lowest BCUT2D eigenvalue weighted by Crippen LogP contribution is -2.30. The van der Waals surface area contributed by atoms with Crippen LogP contribution < -0.4 is 0 Å². The van der Waals surface area contributed by atoms with Crippen molar-refractivity contribution in [2.24, 2.45) is 11.8 Å². The van der Waals surface area contributed by atoms with Crippen LogP contribution in [-0.4, -0.2) is 37.2 Å². The van der Waals surface area contributed by atoms with Crippen LogP contribution in [0.1, 0.15) is 253 Å². The quantitative estimate of drug-likeness (QED) is 0.0352. The average molecular weight is 751 g/mol. The summed E-state index contributed by atoms with van der Waals surface area (Å²) in [5.41, 5.74) is 0. The summed E-state index contributed by atoms with van der Waals surface area (Å²) in [5.74, 6) is 0.833. The Labute approximate surface area is 329 Å². The Morgan fingerprint density at radius 1 is 0.396 bits per heavy atom. The van der Waals surface area contributed by atoms with E-state index in [0.717, 1.165) is 76.0 Å². The standard InChI is InChI=1S/C47H90O6/c1-6-8-9-25-34-39-47(50)53-44(41-52-46(49)38-33-29-24-20-16-17-21-26-30-35-42(3)4)40-51-45(48)37-32-28-23-19-15-13-11-10-12-14-18-22-27-31-36-43(5)7-2/h42-44H,6-41H2,1-5H3/t43?,44-/m1/s1. The summed E-state index contributed by atoms with van der Waals surface area (Å²) in [7, 11) is 0. The summed E-state index contributed by atoms with van der Waals surface area (Å²) in [6.45, 7) is 11.3. The van der Waals surface area contributed by atoms with Gasteiger partial charge in [0.05, 0.1) is 0 Å². The maximum atomic E-state index is 12.5. The van der Waals surface area contributed by atoms with Gasteiger partial charge in [-0.3, -0.25) is 14.4 Å². The second-order valence-corrected chi connectivity index (χ2v) is 16.8. The van der Waals surface area contributed by atoms with E-state index in [9.17, 15) is 14.4 Å². The molecule has 53 heavy (non-hydrogen) atoms. The maximum absolute atomic E-state index is 12.5.